The predicted octanol–water partition coefficient (Wildman–Crippen LogP) is 9.65. The molecular formula is C42H76N2O7. The third kappa shape index (κ3) is 34.2. The molecule has 0 rings (SSSR count). The van der Waals surface area contributed by atoms with E-state index in [0.717, 1.165) is 51.4 Å². The van der Waals surface area contributed by atoms with Crippen molar-refractivity contribution in [1.29, 1.82) is 0 Å². The maximum Gasteiger partial charge on any atom is 0.328 e. The smallest absolute Gasteiger partial charge is 0.328 e. The van der Waals surface area contributed by atoms with E-state index in [4.69, 9.17) is 14.9 Å². The number of carbonyl (C=O) groups is 4. The second-order valence-electron chi connectivity index (χ2n) is 14.1. The number of carboxylic acids is 1. The molecule has 0 aliphatic heterocycles. The van der Waals surface area contributed by atoms with Gasteiger partial charge in [-0.05, 0) is 70.3 Å². The quantitative estimate of drug-likeness (QED) is 0.0284. The standard InChI is InChI=1S/C42H76N2O7/c1-3-5-7-9-11-12-13-14-15-16-17-18-19-20-22-24-30-34-41(48)51-37(31-27-23-21-10-8-6-4-2)32-28-25-26-29-33-39(46)43-35-40(47)44-38(36-45)42(49)50/h14-15,27,31,37-38,45H,3-13,16-26,28-30,32-36H2,1-2H3,(H,43,46)(H,44,47)(H,49,50)/b15-14-,31-27-. The highest BCUT2D eigenvalue weighted by Crippen LogP contribution is 2.15. The number of aliphatic carboxylic acids is 1. The Morgan fingerprint density at radius 3 is 1.59 bits per heavy atom. The maximum absolute atomic E-state index is 12.7. The molecular weight excluding hydrogens is 644 g/mol. The van der Waals surface area contributed by atoms with Crippen molar-refractivity contribution in [3.63, 3.8) is 0 Å². The molecule has 0 saturated heterocycles. The normalized spacial score (nSPS) is 12.7. The number of nitrogens with one attached hydrogen (secondary N) is 2. The van der Waals surface area contributed by atoms with Crippen LogP contribution in [0.5, 0.6) is 0 Å². The summed E-state index contributed by atoms with van der Waals surface area (Å²) in [5.74, 6) is -2.40. The summed E-state index contributed by atoms with van der Waals surface area (Å²) in [6.45, 7) is 3.42. The Morgan fingerprint density at radius 1 is 0.588 bits per heavy atom. The molecule has 0 aliphatic rings. The van der Waals surface area contributed by atoms with Gasteiger partial charge in [0.25, 0.3) is 0 Å². The molecule has 0 radical (unpaired) electrons. The SMILES string of the molecule is CCCCCCC/C=C\C(CCCCCCC(=O)NCC(=O)NC(CO)C(=O)O)OC(=O)CCCCCCCCC/C=C\CCCCCCCC. The number of aliphatic hydroxyl groups excluding tert-OH is 1. The van der Waals surface area contributed by atoms with E-state index in [1.54, 1.807) is 0 Å². The first-order chi connectivity index (χ1) is 24.8. The zero-order valence-corrected chi connectivity index (χ0v) is 32.6. The molecule has 9 nitrogen and oxygen atoms in total. The molecule has 0 aromatic heterocycles. The Balaban J connectivity index is 4.19. The van der Waals surface area contributed by atoms with Crippen LogP contribution in [0.1, 0.15) is 194 Å². The van der Waals surface area contributed by atoms with Crippen molar-refractivity contribution in [3.8, 4) is 0 Å². The first kappa shape index (κ1) is 48.3. The van der Waals surface area contributed by atoms with Crippen LogP contribution in [0.25, 0.3) is 0 Å². The van der Waals surface area contributed by atoms with E-state index in [2.05, 4.69) is 48.8 Å². The Kier molecular flexibility index (Phi) is 35.1. The van der Waals surface area contributed by atoms with Crippen LogP contribution < -0.4 is 10.6 Å². The van der Waals surface area contributed by atoms with Crippen molar-refractivity contribution in [3.05, 3.63) is 24.3 Å². The number of hydrogen-bond donors (Lipinski definition) is 4. The number of hydrogen-bond acceptors (Lipinski definition) is 6. The molecule has 0 saturated carbocycles. The number of aliphatic hydroxyl groups is 1. The monoisotopic (exact) mass is 721 g/mol. The second kappa shape index (κ2) is 37.1. The van der Waals surface area contributed by atoms with Gasteiger partial charge in [0.05, 0.1) is 13.2 Å². The number of esters is 1. The number of carboxylic acid groups (broad SMARTS) is 1. The van der Waals surface area contributed by atoms with Gasteiger partial charge in [0.1, 0.15) is 12.1 Å². The minimum absolute atomic E-state index is 0.116. The zero-order valence-electron chi connectivity index (χ0n) is 32.6. The molecule has 51 heavy (non-hydrogen) atoms. The molecule has 0 fully saturated rings. The molecule has 4 N–H and O–H groups in total. The van der Waals surface area contributed by atoms with Gasteiger partial charge in [-0.3, -0.25) is 14.4 Å². The van der Waals surface area contributed by atoms with Gasteiger partial charge in [0.2, 0.25) is 11.8 Å². The first-order valence-electron chi connectivity index (χ1n) is 20.7. The number of ether oxygens (including phenoxy) is 1. The van der Waals surface area contributed by atoms with Gasteiger partial charge >= 0.3 is 11.9 Å². The summed E-state index contributed by atoms with van der Waals surface area (Å²) in [6, 6.07) is -1.39. The summed E-state index contributed by atoms with van der Waals surface area (Å²) < 4.78 is 5.89. The molecule has 9 heteroatoms. The van der Waals surface area contributed by atoms with Crippen molar-refractivity contribution in [2.24, 2.45) is 0 Å². The second-order valence-corrected chi connectivity index (χ2v) is 14.1. The molecule has 0 aliphatic carbocycles. The van der Waals surface area contributed by atoms with Gasteiger partial charge in [0, 0.05) is 12.8 Å². The lowest BCUT2D eigenvalue weighted by Crippen LogP contribution is -2.47. The topological polar surface area (TPSA) is 142 Å². The van der Waals surface area contributed by atoms with Gasteiger partial charge in [0.15, 0.2) is 0 Å². The fraction of sp³-hybridized carbons (Fsp3) is 0.810. The third-order valence-corrected chi connectivity index (χ3v) is 9.16. The maximum atomic E-state index is 12.7. The summed E-state index contributed by atoms with van der Waals surface area (Å²) in [5, 5.41) is 22.5. The van der Waals surface area contributed by atoms with E-state index in [-0.39, 0.29) is 30.9 Å². The fourth-order valence-electron chi connectivity index (χ4n) is 5.91. The van der Waals surface area contributed by atoms with Crippen LogP contribution in [0.2, 0.25) is 0 Å². The lowest BCUT2D eigenvalue weighted by molar-refractivity contribution is -0.147. The number of rotatable bonds is 37. The van der Waals surface area contributed by atoms with Crippen LogP contribution in [-0.4, -0.2) is 59.3 Å². The number of unbranched alkanes of at least 4 members (excludes halogenated alkanes) is 21. The average molecular weight is 721 g/mol. The van der Waals surface area contributed by atoms with Crippen molar-refractivity contribution in [1.82, 2.24) is 10.6 Å². The van der Waals surface area contributed by atoms with E-state index in [0.29, 0.717) is 12.8 Å². The summed E-state index contributed by atoms with van der Waals surface area (Å²) in [7, 11) is 0. The Morgan fingerprint density at radius 2 is 1.06 bits per heavy atom. The lowest BCUT2D eigenvalue weighted by Gasteiger charge is -2.15. The molecule has 0 aromatic carbocycles. The van der Waals surface area contributed by atoms with E-state index >= 15 is 0 Å². The molecule has 0 bridgehead atoms. The minimum Gasteiger partial charge on any atom is -0.480 e. The molecule has 0 aromatic rings. The van der Waals surface area contributed by atoms with Crippen LogP contribution in [0, 0.1) is 0 Å². The largest absolute Gasteiger partial charge is 0.480 e. The highest BCUT2D eigenvalue weighted by atomic mass is 16.5. The predicted molar refractivity (Wildman–Crippen MR) is 208 cm³/mol. The van der Waals surface area contributed by atoms with Gasteiger partial charge < -0.3 is 25.6 Å². The van der Waals surface area contributed by atoms with Crippen LogP contribution in [0.3, 0.4) is 0 Å². The van der Waals surface area contributed by atoms with Crippen molar-refractivity contribution < 1.29 is 34.1 Å². The van der Waals surface area contributed by atoms with Gasteiger partial charge in [-0.2, -0.15) is 0 Å². The van der Waals surface area contributed by atoms with Crippen LogP contribution >= 0.6 is 0 Å². The van der Waals surface area contributed by atoms with E-state index in [1.165, 1.54) is 109 Å². The molecule has 2 atom stereocenters. The van der Waals surface area contributed by atoms with Gasteiger partial charge in [-0.25, -0.2) is 4.79 Å². The highest BCUT2D eigenvalue weighted by Gasteiger charge is 2.18. The Bertz CT molecular complexity index is 921. The molecule has 2 unspecified atom stereocenters. The minimum atomic E-state index is -1.39. The van der Waals surface area contributed by atoms with Crippen LogP contribution in [0.15, 0.2) is 24.3 Å². The highest BCUT2D eigenvalue weighted by molar-refractivity contribution is 5.87. The Hall–Kier alpha value is -2.68. The number of allylic oxidation sites excluding steroid dienone is 3. The van der Waals surface area contributed by atoms with Gasteiger partial charge in [-0.1, -0.05) is 135 Å². The van der Waals surface area contributed by atoms with Crippen molar-refractivity contribution in [2.45, 2.75) is 206 Å². The number of amides is 2. The molecule has 2 amide bonds. The van der Waals surface area contributed by atoms with Crippen molar-refractivity contribution >= 4 is 23.8 Å². The number of carbonyl (C=O) groups excluding carboxylic acids is 3. The van der Waals surface area contributed by atoms with Crippen molar-refractivity contribution in [2.75, 3.05) is 13.2 Å². The molecule has 296 valence electrons. The van der Waals surface area contributed by atoms with Crippen LogP contribution in [-0.2, 0) is 23.9 Å². The average Bonchev–Trinajstić information content (AvgIpc) is 3.11. The van der Waals surface area contributed by atoms with E-state index in [1.807, 2.05) is 0 Å². The summed E-state index contributed by atoms with van der Waals surface area (Å²) in [6.07, 6.45) is 39.4. The Labute approximate surface area is 311 Å². The summed E-state index contributed by atoms with van der Waals surface area (Å²) in [5.41, 5.74) is 0. The van der Waals surface area contributed by atoms with Crippen LogP contribution in [0.4, 0.5) is 0 Å². The van der Waals surface area contributed by atoms with Gasteiger partial charge in [-0.15, -0.1) is 0 Å². The molecule has 0 spiro atoms. The summed E-state index contributed by atoms with van der Waals surface area (Å²) >= 11 is 0. The third-order valence-electron chi connectivity index (χ3n) is 9.16. The lowest BCUT2D eigenvalue weighted by atomic mass is 10.1. The zero-order chi connectivity index (χ0) is 37.6. The van der Waals surface area contributed by atoms with E-state index < -0.39 is 24.5 Å². The first-order valence-corrected chi connectivity index (χ1v) is 20.7. The molecule has 0 heterocycles. The van der Waals surface area contributed by atoms with E-state index in [9.17, 15) is 19.2 Å². The summed E-state index contributed by atoms with van der Waals surface area (Å²) in [4.78, 5) is 47.4. The fourth-order valence-corrected chi connectivity index (χ4v) is 5.91.